The second kappa shape index (κ2) is 5.67. The van der Waals surface area contributed by atoms with Crippen molar-refractivity contribution < 1.29 is 14.6 Å². The molecule has 0 aliphatic rings. The first kappa shape index (κ1) is 13.3. The van der Waals surface area contributed by atoms with Gasteiger partial charge in [0.25, 0.3) is 0 Å². The van der Waals surface area contributed by atoms with Crippen molar-refractivity contribution >= 4 is 16.9 Å². The first-order valence-corrected chi connectivity index (χ1v) is 5.97. The summed E-state index contributed by atoms with van der Waals surface area (Å²) in [6.07, 6.45) is 1.50. The number of nitrogens with zero attached hydrogens (tertiary/aromatic N) is 2. The number of hydrogen-bond donors (Lipinski definition) is 1. The molecule has 100 valence electrons. The molecule has 1 N–H and O–H groups in total. The van der Waals surface area contributed by atoms with Crippen LogP contribution in [0.5, 0.6) is 5.75 Å². The SMILES string of the molecule is CN(C)CCOc1ccc2nccc(C(=O)O)c2c1. The van der Waals surface area contributed by atoms with E-state index in [2.05, 4.69) is 4.98 Å². The molecule has 2 rings (SSSR count). The number of benzene rings is 1. The highest BCUT2D eigenvalue weighted by atomic mass is 16.5. The number of pyridine rings is 1. The van der Waals surface area contributed by atoms with E-state index in [1.807, 2.05) is 19.0 Å². The van der Waals surface area contributed by atoms with E-state index in [4.69, 9.17) is 9.84 Å². The lowest BCUT2D eigenvalue weighted by atomic mass is 10.1. The highest BCUT2D eigenvalue weighted by Crippen LogP contribution is 2.22. The lowest BCUT2D eigenvalue weighted by Gasteiger charge is -2.11. The molecule has 0 bridgehead atoms. The summed E-state index contributed by atoms with van der Waals surface area (Å²) < 4.78 is 5.60. The fourth-order valence-corrected chi connectivity index (χ4v) is 1.75. The lowest BCUT2D eigenvalue weighted by Crippen LogP contribution is -2.19. The molecule has 0 aliphatic carbocycles. The second-order valence-electron chi connectivity index (χ2n) is 4.49. The van der Waals surface area contributed by atoms with Gasteiger partial charge in [0, 0.05) is 18.1 Å². The van der Waals surface area contributed by atoms with E-state index >= 15 is 0 Å². The van der Waals surface area contributed by atoms with Gasteiger partial charge in [-0.1, -0.05) is 0 Å². The van der Waals surface area contributed by atoms with Gasteiger partial charge in [0.15, 0.2) is 0 Å². The average molecular weight is 260 g/mol. The molecule has 0 fully saturated rings. The quantitative estimate of drug-likeness (QED) is 0.889. The number of carbonyl (C=O) groups is 1. The number of carboxylic acids is 1. The van der Waals surface area contributed by atoms with E-state index in [1.54, 1.807) is 18.2 Å². The van der Waals surface area contributed by atoms with Gasteiger partial charge in [0.05, 0.1) is 11.1 Å². The third-order valence-corrected chi connectivity index (χ3v) is 2.75. The van der Waals surface area contributed by atoms with E-state index in [0.29, 0.717) is 23.3 Å². The molecule has 0 saturated carbocycles. The number of aromatic nitrogens is 1. The standard InChI is InChI=1S/C14H16N2O3/c1-16(2)7-8-19-10-3-4-13-12(9-10)11(14(17)18)5-6-15-13/h3-6,9H,7-8H2,1-2H3,(H,17,18). The van der Waals surface area contributed by atoms with Crippen molar-refractivity contribution in [1.29, 1.82) is 0 Å². The highest BCUT2D eigenvalue weighted by Gasteiger charge is 2.09. The summed E-state index contributed by atoms with van der Waals surface area (Å²) in [6.45, 7) is 1.36. The number of ether oxygens (including phenoxy) is 1. The van der Waals surface area contributed by atoms with E-state index in [9.17, 15) is 4.79 Å². The van der Waals surface area contributed by atoms with Gasteiger partial charge in [0.1, 0.15) is 12.4 Å². The normalized spacial score (nSPS) is 10.9. The third kappa shape index (κ3) is 3.20. The molecule has 2 aromatic rings. The van der Waals surface area contributed by atoms with Crippen molar-refractivity contribution in [1.82, 2.24) is 9.88 Å². The van der Waals surface area contributed by atoms with Crippen molar-refractivity contribution in [2.45, 2.75) is 0 Å². The first-order chi connectivity index (χ1) is 9.08. The summed E-state index contributed by atoms with van der Waals surface area (Å²) >= 11 is 0. The number of rotatable bonds is 5. The van der Waals surface area contributed by atoms with E-state index in [0.717, 1.165) is 6.54 Å². The average Bonchev–Trinajstić information content (AvgIpc) is 2.37. The minimum absolute atomic E-state index is 0.239. The molecule has 5 heteroatoms. The molecule has 1 heterocycles. The predicted molar refractivity (Wildman–Crippen MR) is 72.8 cm³/mol. The Morgan fingerprint density at radius 2 is 2.16 bits per heavy atom. The topological polar surface area (TPSA) is 62.7 Å². The minimum atomic E-state index is -0.960. The van der Waals surface area contributed by atoms with Crippen LogP contribution < -0.4 is 4.74 Å². The molecular weight excluding hydrogens is 244 g/mol. The van der Waals surface area contributed by atoms with Crippen LogP contribution in [0.25, 0.3) is 10.9 Å². The molecule has 0 unspecified atom stereocenters. The summed E-state index contributed by atoms with van der Waals surface area (Å²) in [4.78, 5) is 17.3. The van der Waals surface area contributed by atoms with Crippen LogP contribution in [0.4, 0.5) is 0 Å². The Morgan fingerprint density at radius 1 is 1.37 bits per heavy atom. The van der Waals surface area contributed by atoms with Gasteiger partial charge in [-0.05, 0) is 38.4 Å². The summed E-state index contributed by atoms with van der Waals surface area (Å²) in [6, 6.07) is 6.79. The number of carboxylic acid groups (broad SMARTS) is 1. The summed E-state index contributed by atoms with van der Waals surface area (Å²) in [5.74, 6) is -0.303. The first-order valence-electron chi connectivity index (χ1n) is 5.97. The van der Waals surface area contributed by atoms with E-state index in [-0.39, 0.29) is 5.56 Å². The zero-order chi connectivity index (χ0) is 13.8. The molecule has 0 radical (unpaired) electrons. The van der Waals surface area contributed by atoms with Crippen LogP contribution in [0.3, 0.4) is 0 Å². The smallest absolute Gasteiger partial charge is 0.336 e. The molecular formula is C14H16N2O3. The Kier molecular flexibility index (Phi) is 3.97. The highest BCUT2D eigenvalue weighted by molar-refractivity contribution is 6.02. The Bertz CT molecular complexity index is 596. The number of fused-ring (bicyclic) bond motifs is 1. The van der Waals surface area contributed by atoms with Gasteiger partial charge in [-0.15, -0.1) is 0 Å². The maximum Gasteiger partial charge on any atom is 0.336 e. The van der Waals surface area contributed by atoms with Crippen molar-refractivity contribution in [2.75, 3.05) is 27.2 Å². The van der Waals surface area contributed by atoms with E-state index < -0.39 is 5.97 Å². The molecule has 0 atom stereocenters. The summed E-state index contributed by atoms with van der Waals surface area (Å²) in [5.41, 5.74) is 0.892. The van der Waals surface area contributed by atoms with Crippen LogP contribution in [-0.4, -0.2) is 48.2 Å². The maximum absolute atomic E-state index is 11.2. The second-order valence-corrected chi connectivity index (χ2v) is 4.49. The van der Waals surface area contributed by atoms with Crippen molar-refractivity contribution in [3.63, 3.8) is 0 Å². The zero-order valence-electron chi connectivity index (χ0n) is 11.0. The molecule has 0 saturated heterocycles. The molecule has 1 aromatic heterocycles. The largest absolute Gasteiger partial charge is 0.492 e. The Labute approximate surface area is 111 Å². The summed E-state index contributed by atoms with van der Waals surface area (Å²) in [7, 11) is 3.94. The monoisotopic (exact) mass is 260 g/mol. The summed E-state index contributed by atoms with van der Waals surface area (Å²) in [5, 5.41) is 9.74. The zero-order valence-corrected chi connectivity index (χ0v) is 11.0. The third-order valence-electron chi connectivity index (χ3n) is 2.75. The van der Waals surface area contributed by atoms with Gasteiger partial charge in [-0.2, -0.15) is 0 Å². The number of hydrogen-bond acceptors (Lipinski definition) is 4. The van der Waals surface area contributed by atoms with Crippen LogP contribution in [0.2, 0.25) is 0 Å². The molecule has 5 nitrogen and oxygen atoms in total. The predicted octanol–water partition coefficient (Wildman–Crippen LogP) is 1.87. The van der Waals surface area contributed by atoms with Crippen molar-refractivity contribution in [2.24, 2.45) is 0 Å². The van der Waals surface area contributed by atoms with Crippen LogP contribution in [-0.2, 0) is 0 Å². The van der Waals surface area contributed by atoms with Gasteiger partial charge >= 0.3 is 5.97 Å². The van der Waals surface area contributed by atoms with Crippen LogP contribution in [0.15, 0.2) is 30.5 Å². The molecule has 1 aromatic carbocycles. The van der Waals surface area contributed by atoms with Crippen LogP contribution in [0, 0.1) is 0 Å². The molecule has 0 aliphatic heterocycles. The molecule has 0 spiro atoms. The Hall–Kier alpha value is -2.14. The van der Waals surface area contributed by atoms with Gasteiger partial charge < -0.3 is 14.7 Å². The van der Waals surface area contributed by atoms with Crippen molar-refractivity contribution in [3.05, 3.63) is 36.0 Å². The van der Waals surface area contributed by atoms with Gasteiger partial charge in [-0.25, -0.2) is 4.79 Å². The van der Waals surface area contributed by atoms with E-state index in [1.165, 1.54) is 12.3 Å². The van der Waals surface area contributed by atoms with Gasteiger partial charge in [0.2, 0.25) is 0 Å². The Balaban J connectivity index is 2.28. The molecule has 0 amide bonds. The lowest BCUT2D eigenvalue weighted by molar-refractivity contribution is 0.0699. The van der Waals surface area contributed by atoms with Crippen LogP contribution in [0.1, 0.15) is 10.4 Å². The fraction of sp³-hybridized carbons (Fsp3) is 0.286. The minimum Gasteiger partial charge on any atom is -0.492 e. The molecule has 19 heavy (non-hydrogen) atoms. The maximum atomic E-state index is 11.2. The van der Waals surface area contributed by atoms with Gasteiger partial charge in [-0.3, -0.25) is 4.98 Å². The Morgan fingerprint density at radius 3 is 2.84 bits per heavy atom. The van der Waals surface area contributed by atoms with Crippen LogP contribution >= 0.6 is 0 Å². The van der Waals surface area contributed by atoms with Crippen molar-refractivity contribution in [3.8, 4) is 5.75 Å². The fourth-order valence-electron chi connectivity index (χ4n) is 1.75. The number of likely N-dealkylation sites (N-methyl/N-ethyl adjacent to an activating group) is 1. The number of aromatic carboxylic acids is 1.